The molecule has 2 unspecified atom stereocenters. The van der Waals surface area contributed by atoms with Crippen LogP contribution in [0, 0.1) is 5.92 Å². The van der Waals surface area contributed by atoms with Gasteiger partial charge in [-0.05, 0) is 30.5 Å². The monoisotopic (exact) mass is 398 g/mol. The number of alkyl halides is 1. The Bertz CT molecular complexity index is 889. The van der Waals surface area contributed by atoms with Crippen LogP contribution in [0.3, 0.4) is 0 Å². The lowest BCUT2D eigenvalue weighted by atomic mass is 9.87. The quantitative estimate of drug-likeness (QED) is 0.231. The minimum atomic E-state index is -0.672. The molecule has 0 N–H and O–H groups in total. The van der Waals surface area contributed by atoms with Gasteiger partial charge in [-0.3, -0.25) is 4.79 Å². The predicted molar refractivity (Wildman–Crippen MR) is 109 cm³/mol. The summed E-state index contributed by atoms with van der Waals surface area (Å²) in [6.07, 6.45) is 2.31. The van der Waals surface area contributed by atoms with Gasteiger partial charge in [-0.2, -0.15) is 0 Å². The summed E-state index contributed by atoms with van der Waals surface area (Å²) < 4.78 is 11.4. The van der Waals surface area contributed by atoms with Crippen molar-refractivity contribution in [2.75, 3.05) is 12.5 Å². The molecule has 0 fully saturated rings. The Hall–Kier alpha value is -2.59. The van der Waals surface area contributed by atoms with Gasteiger partial charge >= 0.3 is 5.97 Å². The maximum Gasteiger partial charge on any atom is 0.341 e. The van der Waals surface area contributed by atoms with Gasteiger partial charge in [-0.15, -0.1) is 11.6 Å². The number of carbonyl (C=O) groups is 2. The molecule has 1 aliphatic rings. The molecule has 0 spiro atoms. The second kappa shape index (κ2) is 9.07. The van der Waals surface area contributed by atoms with Crippen LogP contribution in [0.2, 0.25) is 0 Å². The first kappa shape index (κ1) is 20.2. The van der Waals surface area contributed by atoms with E-state index in [1.54, 1.807) is 6.08 Å². The van der Waals surface area contributed by atoms with Crippen molar-refractivity contribution in [3.63, 3.8) is 0 Å². The summed E-state index contributed by atoms with van der Waals surface area (Å²) in [6.45, 7) is 3.56. The summed E-state index contributed by atoms with van der Waals surface area (Å²) in [4.78, 5) is 24.3. The highest BCUT2D eigenvalue weighted by Crippen LogP contribution is 2.41. The molecule has 2 aromatic carbocycles. The van der Waals surface area contributed by atoms with Gasteiger partial charge in [0, 0.05) is 11.5 Å². The highest BCUT2D eigenvalue weighted by Gasteiger charge is 2.29. The molecular weight excluding hydrogens is 376 g/mol. The standard InChI is InChI=1S/C23H23ClO4/c1-15-13-18-9-6-10-19(14-20(16(2)25)23(26)27-12-11-24)22(18)28-21(15)17-7-4-3-5-8-17/h3-10,14-15,21H,11-13H2,1-2H3. The molecule has 5 heteroatoms. The van der Waals surface area contributed by atoms with E-state index in [4.69, 9.17) is 21.1 Å². The van der Waals surface area contributed by atoms with Crippen molar-refractivity contribution in [2.24, 2.45) is 5.92 Å². The maximum atomic E-state index is 12.2. The molecule has 0 radical (unpaired) electrons. The summed E-state index contributed by atoms with van der Waals surface area (Å²) in [5, 5.41) is 0. The van der Waals surface area contributed by atoms with Gasteiger partial charge in [0.1, 0.15) is 24.0 Å². The Labute approximate surface area is 170 Å². The van der Waals surface area contributed by atoms with Gasteiger partial charge in [0.2, 0.25) is 0 Å². The normalized spacial score (nSPS) is 18.8. The Morgan fingerprint density at radius 1 is 1.18 bits per heavy atom. The van der Waals surface area contributed by atoms with E-state index >= 15 is 0 Å². The summed E-state index contributed by atoms with van der Waals surface area (Å²) in [5.41, 5.74) is 2.84. The number of benzene rings is 2. The van der Waals surface area contributed by atoms with Crippen LogP contribution in [-0.4, -0.2) is 24.2 Å². The first-order valence-corrected chi connectivity index (χ1v) is 9.84. The van der Waals surface area contributed by atoms with E-state index < -0.39 is 5.97 Å². The molecule has 28 heavy (non-hydrogen) atoms. The Morgan fingerprint density at radius 3 is 2.61 bits per heavy atom. The second-order valence-electron chi connectivity index (χ2n) is 6.91. The zero-order valence-electron chi connectivity index (χ0n) is 16.0. The van der Waals surface area contributed by atoms with E-state index in [0.717, 1.165) is 17.5 Å². The minimum Gasteiger partial charge on any atom is -0.485 e. The third-order valence-electron chi connectivity index (χ3n) is 4.77. The molecule has 1 heterocycles. The number of ketones is 1. The van der Waals surface area contributed by atoms with Crippen molar-refractivity contribution in [1.29, 1.82) is 0 Å². The second-order valence-corrected chi connectivity index (χ2v) is 7.28. The van der Waals surface area contributed by atoms with Crippen LogP contribution in [0.25, 0.3) is 6.08 Å². The highest BCUT2D eigenvalue weighted by molar-refractivity contribution is 6.20. The van der Waals surface area contributed by atoms with E-state index in [1.165, 1.54) is 6.92 Å². The lowest BCUT2D eigenvalue weighted by Crippen LogP contribution is -2.24. The molecular formula is C23H23ClO4. The smallest absolute Gasteiger partial charge is 0.341 e. The zero-order valence-corrected chi connectivity index (χ0v) is 16.7. The van der Waals surface area contributed by atoms with Crippen LogP contribution in [0.5, 0.6) is 5.75 Å². The van der Waals surface area contributed by atoms with Gasteiger partial charge in [0.05, 0.1) is 5.88 Å². The largest absolute Gasteiger partial charge is 0.485 e. The first-order valence-electron chi connectivity index (χ1n) is 9.30. The van der Waals surface area contributed by atoms with Gasteiger partial charge < -0.3 is 9.47 Å². The van der Waals surface area contributed by atoms with Crippen molar-refractivity contribution < 1.29 is 19.1 Å². The van der Waals surface area contributed by atoms with E-state index in [2.05, 4.69) is 19.1 Å². The Kier molecular flexibility index (Phi) is 6.53. The predicted octanol–water partition coefficient (Wildman–Crippen LogP) is 4.75. The van der Waals surface area contributed by atoms with E-state index in [-0.39, 0.29) is 29.9 Å². The fourth-order valence-electron chi connectivity index (χ4n) is 3.43. The van der Waals surface area contributed by atoms with Crippen molar-refractivity contribution >= 4 is 29.4 Å². The summed E-state index contributed by atoms with van der Waals surface area (Å²) in [5.74, 6) is 0.154. The molecule has 0 saturated heterocycles. The molecule has 0 aromatic heterocycles. The molecule has 2 aromatic rings. The van der Waals surface area contributed by atoms with Gasteiger partial charge in [0.25, 0.3) is 0 Å². The Balaban J connectivity index is 1.98. The molecule has 146 valence electrons. The number of esters is 1. The van der Waals surface area contributed by atoms with Crippen molar-refractivity contribution in [3.8, 4) is 5.75 Å². The maximum absolute atomic E-state index is 12.2. The zero-order chi connectivity index (χ0) is 20.1. The molecule has 0 saturated carbocycles. The highest BCUT2D eigenvalue weighted by atomic mass is 35.5. The first-order chi connectivity index (χ1) is 13.5. The third kappa shape index (κ3) is 4.45. The molecule has 2 atom stereocenters. The van der Waals surface area contributed by atoms with Crippen LogP contribution in [0.4, 0.5) is 0 Å². The summed E-state index contributed by atoms with van der Waals surface area (Å²) in [7, 11) is 0. The number of Topliss-reactive ketones (excluding diaryl/α,β-unsaturated/α-hetero) is 1. The third-order valence-corrected chi connectivity index (χ3v) is 4.92. The number of hydrogen-bond donors (Lipinski definition) is 0. The van der Waals surface area contributed by atoms with E-state index in [0.29, 0.717) is 17.2 Å². The van der Waals surface area contributed by atoms with Crippen LogP contribution in [0.15, 0.2) is 54.1 Å². The summed E-state index contributed by atoms with van der Waals surface area (Å²) >= 11 is 5.57. The van der Waals surface area contributed by atoms with Gasteiger partial charge in [-0.1, -0.05) is 55.5 Å². The van der Waals surface area contributed by atoms with Crippen LogP contribution in [-0.2, 0) is 20.7 Å². The minimum absolute atomic E-state index is 0.0167. The fraction of sp³-hybridized carbons (Fsp3) is 0.304. The molecule has 0 aliphatic carbocycles. The number of hydrogen-bond acceptors (Lipinski definition) is 4. The van der Waals surface area contributed by atoms with Crippen LogP contribution < -0.4 is 4.74 Å². The molecule has 0 bridgehead atoms. The SMILES string of the molecule is CC(=O)C(=Cc1cccc2c1OC(c1ccccc1)C(C)C2)C(=O)OCCCl. The molecule has 0 amide bonds. The average Bonchev–Trinajstić information content (AvgIpc) is 2.70. The summed E-state index contributed by atoms with van der Waals surface area (Å²) in [6, 6.07) is 15.8. The van der Waals surface area contributed by atoms with Crippen LogP contribution in [0.1, 0.15) is 36.6 Å². The number of fused-ring (bicyclic) bond motifs is 1. The van der Waals surface area contributed by atoms with Crippen molar-refractivity contribution in [3.05, 3.63) is 70.8 Å². The number of rotatable bonds is 6. The number of halogens is 1. The van der Waals surface area contributed by atoms with Crippen molar-refractivity contribution in [1.82, 2.24) is 0 Å². The van der Waals surface area contributed by atoms with E-state index in [9.17, 15) is 9.59 Å². The van der Waals surface area contributed by atoms with Crippen LogP contribution >= 0.6 is 11.6 Å². The topological polar surface area (TPSA) is 52.6 Å². The van der Waals surface area contributed by atoms with Gasteiger partial charge in [-0.25, -0.2) is 4.79 Å². The number of ether oxygens (including phenoxy) is 2. The molecule has 4 nitrogen and oxygen atoms in total. The van der Waals surface area contributed by atoms with Crippen molar-refractivity contribution in [2.45, 2.75) is 26.4 Å². The Morgan fingerprint density at radius 2 is 1.93 bits per heavy atom. The molecule has 1 aliphatic heterocycles. The van der Waals surface area contributed by atoms with Gasteiger partial charge in [0.15, 0.2) is 5.78 Å². The van der Waals surface area contributed by atoms with E-state index in [1.807, 2.05) is 36.4 Å². The molecule has 3 rings (SSSR count). The average molecular weight is 399 g/mol. The lowest BCUT2D eigenvalue weighted by molar-refractivity contribution is -0.139. The number of para-hydroxylation sites is 1. The number of carbonyl (C=O) groups excluding carboxylic acids is 2. The fourth-order valence-corrected chi connectivity index (χ4v) is 3.51. The lowest BCUT2D eigenvalue weighted by Gasteiger charge is -2.33.